The van der Waals surface area contributed by atoms with Crippen LogP contribution in [-0.4, -0.2) is 54.4 Å². The van der Waals surface area contributed by atoms with E-state index in [0.717, 1.165) is 30.6 Å². The molecule has 21 heavy (non-hydrogen) atoms. The molecular weight excluding hydrogens is 268 g/mol. The van der Waals surface area contributed by atoms with Crippen molar-refractivity contribution in [3.8, 4) is 0 Å². The van der Waals surface area contributed by atoms with Gasteiger partial charge in [-0.25, -0.2) is 0 Å². The molecule has 2 N–H and O–H groups in total. The summed E-state index contributed by atoms with van der Waals surface area (Å²) in [5.74, 6) is 0.0256. The van der Waals surface area contributed by atoms with Gasteiger partial charge in [0, 0.05) is 24.3 Å². The first-order valence-corrected chi connectivity index (χ1v) is 7.59. The number of nitrogens with one attached hydrogen (secondary N) is 1. The largest absolute Gasteiger partial charge is 0.394 e. The molecule has 2 unspecified atom stereocenters. The Balaban J connectivity index is 1.80. The van der Waals surface area contributed by atoms with Crippen LogP contribution in [0.1, 0.15) is 29.3 Å². The Morgan fingerprint density at radius 1 is 1.52 bits per heavy atom. The number of amides is 1. The zero-order valence-corrected chi connectivity index (χ0v) is 12.3. The molecule has 0 radical (unpaired) electrons. The number of nitrogens with zero attached hydrogens (tertiary/aromatic N) is 1. The molecule has 5 nitrogen and oxygen atoms in total. The average Bonchev–Trinajstić information content (AvgIpc) is 2.54. The van der Waals surface area contributed by atoms with Gasteiger partial charge in [0.05, 0.1) is 25.4 Å². The van der Waals surface area contributed by atoms with Crippen molar-refractivity contribution in [2.45, 2.75) is 31.9 Å². The van der Waals surface area contributed by atoms with Gasteiger partial charge in [0.1, 0.15) is 0 Å². The van der Waals surface area contributed by atoms with E-state index in [1.54, 1.807) is 0 Å². The van der Waals surface area contributed by atoms with E-state index in [9.17, 15) is 9.90 Å². The lowest BCUT2D eigenvalue weighted by Crippen LogP contribution is -2.52. The first-order chi connectivity index (χ1) is 10.2. The molecule has 1 aromatic carbocycles. The topological polar surface area (TPSA) is 61.8 Å². The Morgan fingerprint density at radius 2 is 2.38 bits per heavy atom. The highest BCUT2D eigenvalue weighted by molar-refractivity contribution is 5.95. The van der Waals surface area contributed by atoms with Crippen molar-refractivity contribution < 1.29 is 14.6 Å². The number of anilines is 1. The second kappa shape index (κ2) is 6.03. The van der Waals surface area contributed by atoms with Crippen LogP contribution in [0.5, 0.6) is 0 Å². The zero-order valence-electron chi connectivity index (χ0n) is 12.3. The van der Waals surface area contributed by atoms with Gasteiger partial charge in [-0.1, -0.05) is 0 Å². The smallest absolute Gasteiger partial charge is 0.254 e. The molecule has 1 aromatic rings. The van der Waals surface area contributed by atoms with E-state index in [4.69, 9.17) is 4.74 Å². The zero-order chi connectivity index (χ0) is 14.8. The van der Waals surface area contributed by atoms with Crippen LogP contribution in [0.4, 0.5) is 5.69 Å². The van der Waals surface area contributed by atoms with Crippen LogP contribution in [0.2, 0.25) is 0 Å². The fourth-order valence-corrected chi connectivity index (χ4v) is 2.98. The summed E-state index contributed by atoms with van der Waals surface area (Å²) in [5.41, 5.74) is 3.08. The van der Waals surface area contributed by atoms with Crippen molar-refractivity contribution >= 4 is 11.6 Å². The van der Waals surface area contributed by atoms with E-state index < -0.39 is 0 Å². The maximum atomic E-state index is 12.7. The number of carbonyl (C=O) groups is 1. The molecular formula is C16H22N2O3. The van der Waals surface area contributed by atoms with Gasteiger partial charge in [-0.2, -0.15) is 0 Å². The number of fused-ring (bicyclic) bond motifs is 1. The molecule has 1 amide bonds. The van der Waals surface area contributed by atoms with Crippen molar-refractivity contribution in [2.24, 2.45) is 0 Å². The summed E-state index contributed by atoms with van der Waals surface area (Å²) in [6.45, 7) is 3.85. The Labute approximate surface area is 124 Å². The second-order valence-electron chi connectivity index (χ2n) is 5.85. The molecule has 1 fully saturated rings. The van der Waals surface area contributed by atoms with Crippen LogP contribution in [0.15, 0.2) is 18.2 Å². The number of rotatable bonds is 2. The predicted octanol–water partition coefficient (Wildman–Crippen LogP) is 1.27. The van der Waals surface area contributed by atoms with Gasteiger partial charge >= 0.3 is 0 Å². The van der Waals surface area contributed by atoms with E-state index in [2.05, 4.69) is 5.32 Å². The molecule has 2 aliphatic rings. The van der Waals surface area contributed by atoms with Gasteiger partial charge in [0.25, 0.3) is 5.91 Å². The third-order valence-electron chi connectivity index (χ3n) is 4.26. The number of aliphatic hydroxyl groups excluding tert-OH is 1. The normalized spacial score (nSPS) is 25.1. The number of ether oxygens (including phenoxy) is 1. The van der Waals surface area contributed by atoms with Crippen LogP contribution < -0.4 is 5.32 Å². The molecule has 5 heteroatoms. The highest BCUT2D eigenvalue weighted by Gasteiger charge is 2.30. The highest BCUT2D eigenvalue weighted by atomic mass is 16.5. The minimum atomic E-state index is -0.274. The molecule has 0 aliphatic carbocycles. The summed E-state index contributed by atoms with van der Waals surface area (Å²) in [6, 6.07) is 5.92. The molecule has 3 rings (SSSR count). The summed E-state index contributed by atoms with van der Waals surface area (Å²) >= 11 is 0. The van der Waals surface area contributed by atoms with Gasteiger partial charge in [0.15, 0.2) is 0 Å². The third-order valence-corrected chi connectivity index (χ3v) is 4.26. The Bertz CT molecular complexity index is 532. The van der Waals surface area contributed by atoms with Crippen LogP contribution in [0.25, 0.3) is 0 Å². The van der Waals surface area contributed by atoms with Gasteiger partial charge in [-0.15, -0.1) is 0 Å². The summed E-state index contributed by atoms with van der Waals surface area (Å²) in [4.78, 5) is 14.5. The standard InChI is InChI=1S/C16H22N2O3/c1-11-10-21-14(9-19)8-18(11)16(20)13-4-5-15-12(7-13)3-2-6-17-15/h4-5,7,11,14,17,19H,2-3,6,8-10H2,1H3. The predicted molar refractivity (Wildman–Crippen MR) is 80.6 cm³/mol. The molecule has 2 heterocycles. The Hall–Kier alpha value is -1.59. The minimum absolute atomic E-state index is 0.0256. The van der Waals surface area contributed by atoms with Crippen molar-refractivity contribution in [1.82, 2.24) is 4.90 Å². The van der Waals surface area contributed by atoms with E-state index in [1.165, 1.54) is 5.56 Å². The SMILES string of the molecule is CC1COC(CO)CN1C(=O)c1ccc2c(c1)CCCN2. The maximum Gasteiger partial charge on any atom is 0.254 e. The van der Waals surface area contributed by atoms with Gasteiger partial charge in [-0.3, -0.25) is 4.79 Å². The Kier molecular flexibility index (Phi) is 4.12. The van der Waals surface area contributed by atoms with Crippen LogP contribution in [0, 0.1) is 0 Å². The van der Waals surface area contributed by atoms with Crippen molar-refractivity contribution in [1.29, 1.82) is 0 Å². The first-order valence-electron chi connectivity index (χ1n) is 7.59. The lowest BCUT2D eigenvalue weighted by molar-refractivity contribution is -0.0667. The third kappa shape index (κ3) is 2.89. The fraction of sp³-hybridized carbons (Fsp3) is 0.562. The summed E-state index contributed by atoms with van der Waals surface area (Å²) in [5, 5.41) is 12.6. The monoisotopic (exact) mass is 290 g/mol. The van der Waals surface area contributed by atoms with Crippen LogP contribution >= 0.6 is 0 Å². The Morgan fingerprint density at radius 3 is 3.19 bits per heavy atom. The van der Waals surface area contributed by atoms with Gasteiger partial charge in [0.2, 0.25) is 0 Å². The molecule has 0 saturated carbocycles. The van der Waals surface area contributed by atoms with Gasteiger partial charge in [-0.05, 0) is 43.5 Å². The molecule has 1 saturated heterocycles. The summed E-state index contributed by atoms with van der Waals surface area (Å²) in [6.07, 6.45) is 1.84. The molecule has 2 atom stereocenters. The number of morpholine rings is 1. The van der Waals surface area contributed by atoms with E-state index >= 15 is 0 Å². The lowest BCUT2D eigenvalue weighted by atomic mass is 10.00. The number of aryl methyl sites for hydroxylation is 1. The fourth-order valence-electron chi connectivity index (χ4n) is 2.98. The van der Waals surface area contributed by atoms with Crippen LogP contribution in [0.3, 0.4) is 0 Å². The molecule has 114 valence electrons. The number of hydrogen-bond donors (Lipinski definition) is 2. The van der Waals surface area contributed by atoms with Crippen LogP contribution in [-0.2, 0) is 11.2 Å². The minimum Gasteiger partial charge on any atom is -0.394 e. The van der Waals surface area contributed by atoms with E-state index in [1.807, 2.05) is 30.0 Å². The molecule has 0 spiro atoms. The van der Waals surface area contributed by atoms with E-state index in [-0.39, 0.29) is 24.7 Å². The van der Waals surface area contributed by atoms with Crippen molar-refractivity contribution in [2.75, 3.05) is 31.6 Å². The molecule has 0 aromatic heterocycles. The second-order valence-corrected chi connectivity index (χ2v) is 5.85. The lowest BCUT2D eigenvalue weighted by Gasteiger charge is -2.37. The number of aliphatic hydroxyl groups is 1. The average molecular weight is 290 g/mol. The first kappa shape index (κ1) is 14.4. The van der Waals surface area contributed by atoms with E-state index in [0.29, 0.717) is 13.2 Å². The number of benzene rings is 1. The van der Waals surface area contributed by atoms with Crippen molar-refractivity contribution in [3.05, 3.63) is 29.3 Å². The summed E-state index contributed by atoms with van der Waals surface area (Å²) in [7, 11) is 0. The quantitative estimate of drug-likeness (QED) is 0.861. The highest BCUT2D eigenvalue weighted by Crippen LogP contribution is 2.24. The molecule has 0 bridgehead atoms. The maximum absolute atomic E-state index is 12.7. The number of carbonyl (C=O) groups excluding carboxylic acids is 1. The summed E-state index contributed by atoms with van der Waals surface area (Å²) < 4.78 is 5.49. The van der Waals surface area contributed by atoms with Gasteiger partial charge < -0.3 is 20.1 Å². The van der Waals surface area contributed by atoms with Crippen molar-refractivity contribution in [3.63, 3.8) is 0 Å². The molecule has 2 aliphatic heterocycles. The number of hydrogen-bond acceptors (Lipinski definition) is 4.